The van der Waals surface area contributed by atoms with Crippen LogP contribution in [0, 0.1) is 0 Å². The van der Waals surface area contributed by atoms with Crippen LogP contribution in [0.1, 0.15) is 11.3 Å². The first-order chi connectivity index (χ1) is 11.8. The van der Waals surface area contributed by atoms with Gasteiger partial charge in [-0.25, -0.2) is 0 Å². The number of alkyl halides is 3. The third-order valence-electron chi connectivity index (χ3n) is 3.45. The van der Waals surface area contributed by atoms with E-state index in [1.165, 1.54) is 12.1 Å². The molecule has 2 aromatic heterocycles. The molecule has 0 aliphatic heterocycles. The summed E-state index contributed by atoms with van der Waals surface area (Å²) in [6.45, 7) is 0. The summed E-state index contributed by atoms with van der Waals surface area (Å²) in [6, 6.07) is 7.89. The van der Waals surface area contributed by atoms with E-state index in [9.17, 15) is 18.0 Å². The normalized spacial score (nSPS) is 10.7. The predicted molar refractivity (Wildman–Crippen MR) is 91.6 cm³/mol. The zero-order chi connectivity index (χ0) is 18.0. The molecule has 0 atom stereocenters. The van der Waals surface area contributed by atoms with Gasteiger partial charge in [0.1, 0.15) is 0 Å². The number of halogens is 4. The Bertz CT molecular complexity index is 940. The Morgan fingerprint density at radius 1 is 1.07 bits per heavy atom. The molecule has 3 aromatic rings. The van der Waals surface area contributed by atoms with Crippen molar-refractivity contribution in [3.63, 3.8) is 0 Å². The van der Waals surface area contributed by atoms with Gasteiger partial charge in [0, 0.05) is 68.0 Å². The molecule has 1 amide bonds. The van der Waals surface area contributed by atoms with Gasteiger partial charge in [0.05, 0.1) is 5.69 Å². The minimum absolute atomic E-state index is 0. The number of nitrogens with two attached hydrogens (primary N) is 1. The summed E-state index contributed by atoms with van der Waals surface area (Å²) in [5, 5.41) is 10.8. The van der Waals surface area contributed by atoms with Crippen molar-refractivity contribution in [2.45, 2.75) is 12.6 Å². The first-order valence-corrected chi connectivity index (χ1v) is 7.44. The maximum Gasteiger partial charge on any atom is 0.471 e. The van der Waals surface area contributed by atoms with E-state index in [0.29, 0.717) is 22.9 Å². The number of fused-ring (bicyclic) bond motifs is 1. The third kappa shape index (κ3) is 5.65. The maximum absolute atomic E-state index is 12.4. The number of carbonyl (C=O) groups excluding carboxylic acids is 1. The number of benzene rings is 1. The van der Waals surface area contributed by atoms with Gasteiger partial charge in [0.2, 0.25) is 0 Å². The van der Waals surface area contributed by atoms with Crippen molar-refractivity contribution in [1.29, 1.82) is 0 Å². The molecule has 0 saturated heterocycles. The van der Waals surface area contributed by atoms with E-state index in [1.807, 2.05) is 12.1 Å². The molecule has 0 unspecified atom stereocenters. The third-order valence-corrected chi connectivity index (χ3v) is 3.73. The van der Waals surface area contributed by atoms with E-state index >= 15 is 0 Å². The molecule has 139 valence electrons. The van der Waals surface area contributed by atoms with Crippen LogP contribution in [0.25, 0.3) is 16.9 Å². The van der Waals surface area contributed by atoms with Gasteiger partial charge in [-0.05, 0) is 29.8 Å². The van der Waals surface area contributed by atoms with Crippen molar-refractivity contribution in [2.75, 3.05) is 5.32 Å². The fraction of sp³-hybridized carbons (Fsp3) is 0.125. The van der Waals surface area contributed by atoms with Gasteiger partial charge in [-0.3, -0.25) is 9.78 Å². The number of nitrogens with one attached hydrogen (secondary N) is 1. The molecule has 27 heavy (non-hydrogen) atoms. The van der Waals surface area contributed by atoms with Gasteiger partial charge in [-0.2, -0.15) is 18.3 Å². The van der Waals surface area contributed by atoms with Gasteiger partial charge in [0.25, 0.3) is 0 Å². The number of pyridine rings is 1. The monoisotopic (exact) mass is 471 g/mol. The van der Waals surface area contributed by atoms with Crippen molar-refractivity contribution in [1.82, 2.24) is 15.2 Å². The number of hydrogen-bond acceptors (Lipinski definition) is 4. The SMILES string of the molecule is O=C(Nc1ccc2c(Cc3ccncc3)nnc(Cl)c2c1)C(F)(F)F.[NH2-].[Y]. The fourth-order valence-corrected chi connectivity index (χ4v) is 2.48. The molecule has 1 radical (unpaired) electrons. The van der Waals surface area contributed by atoms with Crippen LogP contribution >= 0.6 is 11.6 Å². The molecule has 0 bridgehead atoms. The van der Waals surface area contributed by atoms with Crippen LogP contribution < -0.4 is 5.32 Å². The average molecular weight is 472 g/mol. The van der Waals surface area contributed by atoms with Gasteiger partial charge in [0.15, 0.2) is 5.15 Å². The van der Waals surface area contributed by atoms with Crippen LogP contribution in [0.2, 0.25) is 5.15 Å². The molecule has 0 fully saturated rings. The summed E-state index contributed by atoms with van der Waals surface area (Å²) in [6.07, 6.45) is -1.23. The number of nitrogens with zero attached hydrogens (tertiary/aromatic N) is 3. The van der Waals surface area contributed by atoms with E-state index in [1.54, 1.807) is 23.8 Å². The second-order valence-electron chi connectivity index (χ2n) is 5.18. The summed E-state index contributed by atoms with van der Waals surface area (Å²) in [7, 11) is 0. The van der Waals surface area contributed by atoms with Gasteiger partial charge in [-0.1, -0.05) is 17.7 Å². The van der Waals surface area contributed by atoms with Crippen LogP contribution in [0.3, 0.4) is 0 Å². The second kappa shape index (κ2) is 9.50. The Labute approximate surface area is 182 Å². The van der Waals surface area contributed by atoms with Gasteiger partial charge < -0.3 is 11.5 Å². The summed E-state index contributed by atoms with van der Waals surface area (Å²) >= 11 is 6.01. The molecule has 6 nitrogen and oxygen atoms in total. The molecular weight excluding hydrogens is 460 g/mol. The average Bonchev–Trinajstić information content (AvgIpc) is 2.58. The number of rotatable bonds is 3. The molecule has 2 heterocycles. The van der Waals surface area contributed by atoms with E-state index in [-0.39, 0.29) is 49.7 Å². The number of carbonyl (C=O) groups is 1. The fourth-order valence-electron chi connectivity index (χ4n) is 2.28. The Hall–Kier alpha value is -1.68. The Kier molecular flexibility index (Phi) is 8.22. The number of hydrogen-bond donors (Lipinski definition) is 1. The molecule has 0 saturated carbocycles. The zero-order valence-corrected chi connectivity index (χ0v) is 17.3. The van der Waals surface area contributed by atoms with E-state index in [4.69, 9.17) is 11.6 Å². The van der Waals surface area contributed by atoms with E-state index in [2.05, 4.69) is 15.2 Å². The number of amides is 1. The minimum Gasteiger partial charge on any atom is -0.693 e. The van der Waals surface area contributed by atoms with Crippen molar-refractivity contribution >= 4 is 34.0 Å². The number of anilines is 1. The molecule has 3 N–H and O–H groups in total. The molecule has 3 rings (SSSR count). The van der Waals surface area contributed by atoms with Crippen molar-refractivity contribution in [3.05, 3.63) is 65.3 Å². The van der Waals surface area contributed by atoms with Crippen LogP contribution in [0.5, 0.6) is 0 Å². The summed E-state index contributed by atoms with van der Waals surface area (Å²) in [4.78, 5) is 15.0. The maximum atomic E-state index is 12.4. The molecule has 0 spiro atoms. The van der Waals surface area contributed by atoms with Crippen molar-refractivity contribution < 1.29 is 50.7 Å². The molecule has 1 aromatic carbocycles. The zero-order valence-electron chi connectivity index (χ0n) is 13.7. The summed E-state index contributed by atoms with van der Waals surface area (Å²) < 4.78 is 37.1. The van der Waals surface area contributed by atoms with Crippen LogP contribution in [0.4, 0.5) is 18.9 Å². The van der Waals surface area contributed by atoms with E-state index < -0.39 is 12.1 Å². The molecule has 11 heteroatoms. The second-order valence-corrected chi connectivity index (χ2v) is 5.54. The summed E-state index contributed by atoms with van der Waals surface area (Å²) in [5.41, 5.74) is 1.53. The van der Waals surface area contributed by atoms with Gasteiger partial charge in [-0.15, -0.1) is 5.10 Å². The topological polar surface area (TPSA) is 101 Å². The number of aromatic nitrogens is 3. The molecular formula is C16H12ClF3N5OY-. The Morgan fingerprint density at radius 3 is 2.37 bits per heavy atom. The van der Waals surface area contributed by atoms with Crippen molar-refractivity contribution in [3.8, 4) is 0 Å². The first-order valence-electron chi connectivity index (χ1n) is 7.06. The largest absolute Gasteiger partial charge is 0.693 e. The smallest absolute Gasteiger partial charge is 0.471 e. The van der Waals surface area contributed by atoms with Crippen molar-refractivity contribution in [2.24, 2.45) is 0 Å². The Morgan fingerprint density at radius 2 is 1.74 bits per heavy atom. The van der Waals surface area contributed by atoms with Crippen LogP contribution in [-0.4, -0.2) is 27.3 Å². The minimum atomic E-state index is -4.97. The quantitative estimate of drug-likeness (QED) is 0.608. The predicted octanol–water partition coefficient (Wildman–Crippen LogP) is 4.48. The van der Waals surface area contributed by atoms with E-state index in [0.717, 1.165) is 5.56 Å². The van der Waals surface area contributed by atoms with Gasteiger partial charge >= 0.3 is 12.1 Å². The molecule has 0 aliphatic carbocycles. The Balaban J connectivity index is 0.00000182. The summed E-state index contributed by atoms with van der Waals surface area (Å²) in [5.74, 6) is -2.05. The van der Waals surface area contributed by atoms with Crippen LogP contribution in [-0.2, 0) is 43.9 Å². The first kappa shape index (κ1) is 23.4. The standard InChI is InChI=1S/C16H10ClF3N4O.H2N.Y/c17-14-12-8-10(22-15(25)16(18,19)20)1-2-11(12)13(23-24-14)7-9-3-5-21-6-4-9;;/h1-6,8H,7H2,(H,22,25);1H2;/q;-1;. The molecule has 0 aliphatic rings. The van der Waals surface area contributed by atoms with Crippen LogP contribution in [0.15, 0.2) is 42.7 Å².